The maximum Gasteiger partial charge on any atom is 0.387 e. The minimum atomic E-state index is -2.89. The van der Waals surface area contributed by atoms with Crippen LogP contribution in [0.5, 0.6) is 28.7 Å². The summed E-state index contributed by atoms with van der Waals surface area (Å²) in [5.74, 6) is 2.05. The molecule has 2 aromatic rings. The van der Waals surface area contributed by atoms with E-state index in [4.69, 9.17) is 18.9 Å². The monoisotopic (exact) mass is 397 g/mol. The molecule has 28 heavy (non-hydrogen) atoms. The van der Waals surface area contributed by atoms with Gasteiger partial charge in [0.25, 0.3) is 0 Å². The van der Waals surface area contributed by atoms with E-state index in [0.29, 0.717) is 36.8 Å². The number of benzene rings is 2. The summed E-state index contributed by atoms with van der Waals surface area (Å²) in [5.41, 5.74) is 1.86. The Hall–Kier alpha value is -2.74. The molecule has 0 amide bonds. The van der Waals surface area contributed by atoms with Gasteiger partial charge in [0.1, 0.15) is 0 Å². The Morgan fingerprint density at radius 2 is 1.50 bits per heavy atom. The third-order valence-electron chi connectivity index (χ3n) is 4.14. The van der Waals surface area contributed by atoms with Crippen LogP contribution in [0, 0.1) is 0 Å². The molecule has 0 spiro atoms. The highest BCUT2D eigenvalue weighted by Crippen LogP contribution is 2.39. The van der Waals surface area contributed by atoms with Crippen molar-refractivity contribution in [2.45, 2.75) is 19.6 Å². The minimum absolute atomic E-state index is 0.0178. The van der Waals surface area contributed by atoms with Crippen molar-refractivity contribution in [2.24, 2.45) is 0 Å². The summed E-state index contributed by atoms with van der Waals surface area (Å²) in [6.45, 7) is -1.67. The van der Waals surface area contributed by atoms with Crippen molar-refractivity contribution in [1.82, 2.24) is 5.32 Å². The molecular weight excluding hydrogens is 372 g/mol. The van der Waals surface area contributed by atoms with E-state index in [2.05, 4.69) is 10.1 Å². The van der Waals surface area contributed by atoms with Crippen LogP contribution >= 0.6 is 0 Å². The smallest absolute Gasteiger partial charge is 0.387 e. The van der Waals surface area contributed by atoms with Crippen LogP contribution in [-0.2, 0) is 13.0 Å². The number of rotatable bonds is 11. The van der Waals surface area contributed by atoms with E-state index in [1.165, 1.54) is 13.2 Å². The molecule has 8 heteroatoms. The number of hydrogen-bond acceptors (Lipinski definition) is 6. The van der Waals surface area contributed by atoms with Crippen molar-refractivity contribution in [3.05, 3.63) is 41.5 Å². The van der Waals surface area contributed by atoms with Crippen molar-refractivity contribution in [3.8, 4) is 28.7 Å². The van der Waals surface area contributed by atoms with Crippen molar-refractivity contribution < 1.29 is 32.5 Å². The van der Waals surface area contributed by atoms with E-state index in [0.717, 1.165) is 11.1 Å². The van der Waals surface area contributed by atoms with Gasteiger partial charge in [0, 0.05) is 12.1 Å². The van der Waals surface area contributed by atoms with Crippen LogP contribution in [-0.4, -0.2) is 41.6 Å². The topological polar surface area (TPSA) is 58.2 Å². The Balaban J connectivity index is 1.97. The molecule has 1 N–H and O–H groups in total. The zero-order valence-electron chi connectivity index (χ0n) is 16.4. The molecule has 0 saturated heterocycles. The lowest BCUT2D eigenvalue weighted by Crippen LogP contribution is -2.17. The van der Waals surface area contributed by atoms with Crippen LogP contribution < -0.4 is 29.0 Å². The highest BCUT2D eigenvalue weighted by Gasteiger charge is 2.15. The molecule has 0 aromatic heterocycles. The van der Waals surface area contributed by atoms with Crippen molar-refractivity contribution in [3.63, 3.8) is 0 Å². The maximum atomic E-state index is 12.4. The Bertz CT molecular complexity index is 771. The Kier molecular flexibility index (Phi) is 8.13. The molecule has 0 radical (unpaired) electrons. The van der Waals surface area contributed by atoms with Crippen LogP contribution in [0.15, 0.2) is 30.3 Å². The van der Waals surface area contributed by atoms with Crippen LogP contribution in [0.4, 0.5) is 8.78 Å². The summed E-state index contributed by atoms with van der Waals surface area (Å²) in [4.78, 5) is 0. The lowest BCUT2D eigenvalue weighted by Gasteiger charge is -2.16. The lowest BCUT2D eigenvalue weighted by molar-refractivity contribution is -0.0512. The molecule has 2 aromatic carbocycles. The first-order chi connectivity index (χ1) is 13.5. The van der Waals surface area contributed by atoms with Gasteiger partial charge >= 0.3 is 6.61 Å². The van der Waals surface area contributed by atoms with E-state index in [9.17, 15) is 8.78 Å². The van der Waals surface area contributed by atoms with E-state index in [1.54, 1.807) is 33.5 Å². The molecule has 0 heterocycles. The van der Waals surface area contributed by atoms with Gasteiger partial charge in [-0.1, -0.05) is 12.1 Å². The molecule has 0 aliphatic rings. The number of methoxy groups -OCH3 is 4. The van der Waals surface area contributed by atoms with Crippen LogP contribution in [0.3, 0.4) is 0 Å². The normalized spacial score (nSPS) is 10.7. The number of halogens is 2. The first kappa shape index (κ1) is 21.6. The number of hydrogen-bond donors (Lipinski definition) is 1. The Morgan fingerprint density at radius 3 is 2.11 bits per heavy atom. The van der Waals surface area contributed by atoms with Gasteiger partial charge in [0.2, 0.25) is 5.75 Å². The third kappa shape index (κ3) is 5.39. The summed E-state index contributed by atoms with van der Waals surface area (Å²) in [6.07, 6.45) is 0.681. The number of alkyl halides is 2. The van der Waals surface area contributed by atoms with Gasteiger partial charge in [-0.25, -0.2) is 0 Å². The minimum Gasteiger partial charge on any atom is -0.493 e. The fourth-order valence-electron chi connectivity index (χ4n) is 2.82. The molecule has 0 unspecified atom stereocenters. The molecule has 6 nitrogen and oxygen atoms in total. The summed E-state index contributed by atoms with van der Waals surface area (Å²) in [7, 11) is 6.13. The number of nitrogens with one attached hydrogen (secondary N) is 1. The first-order valence-corrected chi connectivity index (χ1v) is 8.64. The highest BCUT2D eigenvalue weighted by molar-refractivity contribution is 5.55. The van der Waals surface area contributed by atoms with Gasteiger partial charge < -0.3 is 29.0 Å². The second-order valence-electron chi connectivity index (χ2n) is 5.78. The summed E-state index contributed by atoms with van der Waals surface area (Å²) >= 11 is 0. The lowest BCUT2D eigenvalue weighted by atomic mass is 10.1. The van der Waals surface area contributed by atoms with Gasteiger partial charge in [-0.05, 0) is 36.7 Å². The quantitative estimate of drug-likeness (QED) is 0.584. The fraction of sp³-hybridized carbons (Fsp3) is 0.400. The molecule has 0 aliphatic heterocycles. The zero-order valence-corrected chi connectivity index (χ0v) is 16.4. The van der Waals surface area contributed by atoms with Crippen molar-refractivity contribution >= 4 is 0 Å². The van der Waals surface area contributed by atoms with Gasteiger partial charge in [0.05, 0.1) is 28.4 Å². The van der Waals surface area contributed by atoms with E-state index < -0.39 is 6.61 Å². The molecule has 2 rings (SSSR count). The first-order valence-electron chi connectivity index (χ1n) is 8.64. The average Bonchev–Trinajstić information content (AvgIpc) is 2.70. The Labute approximate surface area is 163 Å². The van der Waals surface area contributed by atoms with Crippen molar-refractivity contribution in [2.75, 3.05) is 35.0 Å². The summed E-state index contributed by atoms with van der Waals surface area (Å²) in [6, 6.07) is 8.64. The fourth-order valence-corrected chi connectivity index (χ4v) is 2.82. The van der Waals surface area contributed by atoms with E-state index in [-0.39, 0.29) is 11.5 Å². The van der Waals surface area contributed by atoms with Crippen LogP contribution in [0.25, 0.3) is 0 Å². The molecular formula is C20H25F2NO5. The van der Waals surface area contributed by atoms with E-state index in [1.807, 2.05) is 12.1 Å². The maximum absolute atomic E-state index is 12.4. The zero-order chi connectivity index (χ0) is 20.5. The standard InChI is InChI=1S/C20H25F2NO5/c1-24-16-8-6-14(18(26-3)19(16)27-4)12-23-10-9-13-5-7-15(28-20(21)22)17(11-13)25-2/h5-8,11,20,23H,9-10,12H2,1-4H3. The SMILES string of the molecule is COc1cc(CCNCc2ccc(OC)c(OC)c2OC)ccc1OC(F)F. The average molecular weight is 397 g/mol. The third-order valence-corrected chi connectivity index (χ3v) is 4.14. The van der Waals surface area contributed by atoms with Gasteiger partial charge in [0.15, 0.2) is 23.0 Å². The van der Waals surface area contributed by atoms with Crippen LogP contribution in [0.1, 0.15) is 11.1 Å². The largest absolute Gasteiger partial charge is 0.493 e. The Morgan fingerprint density at radius 1 is 0.821 bits per heavy atom. The molecule has 0 atom stereocenters. The summed E-state index contributed by atoms with van der Waals surface area (Å²) < 4.78 is 50.5. The molecule has 0 fully saturated rings. The van der Waals surface area contributed by atoms with E-state index >= 15 is 0 Å². The predicted octanol–water partition coefficient (Wildman–Crippen LogP) is 3.65. The number of ether oxygens (including phenoxy) is 5. The van der Waals surface area contributed by atoms with Crippen molar-refractivity contribution in [1.29, 1.82) is 0 Å². The second-order valence-corrected chi connectivity index (χ2v) is 5.78. The van der Waals surface area contributed by atoms with Gasteiger partial charge in [-0.2, -0.15) is 8.78 Å². The van der Waals surface area contributed by atoms with Gasteiger partial charge in [-0.3, -0.25) is 0 Å². The van der Waals surface area contributed by atoms with Crippen LogP contribution in [0.2, 0.25) is 0 Å². The summed E-state index contributed by atoms with van der Waals surface area (Å²) in [5, 5.41) is 3.33. The molecule has 0 bridgehead atoms. The predicted molar refractivity (Wildman–Crippen MR) is 101 cm³/mol. The molecule has 0 aliphatic carbocycles. The molecule has 154 valence electrons. The highest BCUT2D eigenvalue weighted by atomic mass is 19.3. The second kappa shape index (κ2) is 10.6. The van der Waals surface area contributed by atoms with Gasteiger partial charge in [-0.15, -0.1) is 0 Å². The molecule has 0 saturated carbocycles.